The summed E-state index contributed by atoms with van der Waals surface area (Å²) in [7, 11) is 0. The van der Waals surface area contributed by atoms with Crippen molar-refractivity contribution in [1.82, 2.24) is 5.32 Å². The second kappa shape index (κ2) is 3.58. The van der Waals surface area contributed by atoms with Crippen molar-refractivity contribution < 1.29 is 0 Å². The summed E-state index contributed by atoms with van der Waals surface area (Å²) in [6, 6.07) is 8.43. The van der Waals surface area contributed by atoms with E-state index in [4.69, 9.17) is 5.73 Å². The van der Waals surface area contributed by atoms with E-state index in [1.54, 1.807) is 0 Å². The van der Waals surface area contributed by atoms with Gasteiger partial charge in [-0.2, -0.15) is 0 Å². The van der Waals surface area contributed by atoms with Crippen molar-refractivity contribution in [2.24, 2.45) is 5.73 Å². The molecule has 1 aliphatic rings. The quantitative estimate of drug-likeness (QED) is 0.701. The summed E-state index contributed by atoms with van der Waals surface area (Å²) in [6.07, 6.45) is 3.78. The Morgan fingerprint density at radius 2 is 1.93 bits per heavy atom. The predicted molar refractivity (Wildman–Crippen MR) is 59.4 cm³/mol. The van der Waals surface area contributed by atoms with Gasteiger partial charge in [0.15, 0.2) is 0 Å². The third-order valence-electron chi connectivity index (χ3n) is 2.41. The Hall–Kier alpha value is -1.70. The summed E-state index contributed by atoms with van der Waals surface area (Å²) in [6.45, 7) is 2.89. The average molecular weight is 186 g/mol. The highest BCUT2D eigenvalue weighted by molar-refractivity contribution is 5.72. The molecule has 0 radical (unpaired) electrons. The maximum Gasteiger partial charge on any atom is 0.0421 e. The number of aryl methyl sites for hydroxylation is 1. The average Bonchev–Trinajstić information content (AvgIpc) is 2.20. The first-order valence-corrected chi connectivity index (χ1v) is 4.73. The zero-order valence-electron chi connectivity index (χ0n) is 8.25. The monoisotopic (exact) mass is 186 g/mol. The number of benzene rings is 1. The van der Waals surface area contributed by atoms with Crippen LogP contribution in [0.4, 0.5) is 0 Å². The van der Waals surface area contributed by atoms with E-state index < -0.39 is 0 Å². The number of nitrogens with two attached hydrogens (primary N) is 1. The second-order valence-electron chi connectivity index (χ2n) is 3.51. The molecule has 0 atom stereocenters. The Labute approximate surface area is 84.1 Å². The van der Waals surface area contributed by atoms with Gasteiger partial charge in [0.1, 0.15) is 0 Å². The van der Waals surface area contributed by atoms with E-state index in [1.165, 1.54) is 16.7 Å². The van der Waals surface area contributed by atoms with Gasteiger partial charge in [0, 0.05) is 17.8 Å². The first-order chi connectivity index (χ1) is 6.77. The number of hydrogen-bond acceptors (Lipinski definition) is 2. The topological polar surface area (TPSA) is 38.0 Å². The molecule has 14 heavy (non-hydrogen) atoms. The number of allylic oxidation sites excluding steroid dienone is 1. The molecule has 0 saturated heterocycles. The number of hydrogen-bond donors (Lipinski definition) is 2. The number of nitrogens with one attached hydrogen (secondary N) is 1. The molecular weight excluding hydrogens is 172 g/mol. The molecule has 2 nitrogen and oxygen atoms in total. The fourth-order valence-electron chi connectivity index (χ4n) is 1.54. The molecule has 0 amide bonds. The van der Waals surface area contributed by atoms with Crippen LogP contribution in [0.3, 0.4) is 0 Å². The molecule has 0 fully saturated rings. The van der Waals surface area contributed by atoms with Crippen LogP contribution in [-0.4, -0.2) is 6.54 Å². The molecule has 0 unspecified atom stereocenters. The fraction of sp³-hybridized carbons (Fsp3) is 0.167. The molecule has 0 aliphatic carbocycles. The van der Waals surface area contributed by atoms with E-state index >= 15 is 0 Å². The van der Waals surface area contributed by atoms with Crippen molar-refractivity contribution in [1.29, 1.82) is 0 Å². The molecule has 2 heteroatoms. The molecule has 0 spiro atoms. The molecule has 1 aromatic carbocycles. The largest absolute Gasteiger partial charge is 0.398 e. The number of rotatable bonds is 1. The van der Waals surface area contributed by atoms with Crippen LogP contribution >= 0.6 is 0 Å². The van der Waals surface area contributed by atoms with Crippen LogP contribution in [0, 0.1) is 6.92 Å². The van der Waals surface area contributed by atoms with Crippen molar-refractivity contribution in [3.63, 3.8) is 0 Å². The van der Waals surface area contributed by atoms with Gasteiger partial charge in [0.05, 0.1) is 0 Å². The van der Waals surface area contributed by atoms with E-state index in [0.29, 0.717) is 0 Å². The number of dihydropyridines is 1. The van der Waals surface area contributed by atoms with Gasteiger partial charge in [0.2, 0.25) is 0 Å². The van der Waals surface area contributed by atoms with E-state index in [0.717, 1.165) is 12.2 Å². The molecule has 3 N–H and O–H groups in total. The standard InChI is InChI=1S/C12H14N2/c1-9-2-4-10(5-3-9)11-8-14-7-6-12(11)13/h2-7,14H,8,13H2,1H3. The lowest BCUT2D eigenvalue weighted by molar-refractivity contribution is 0.970. The maximum atomic E-state index is 5.90. The van der Waals surface area contributed by atoms with Gasteiger partial charge in [-0.05, 0) is 24.8 Å². The minimum atomic E-state index is 0.811. The second-order valence-corrected chi connectivity index (χ2v) is 3.51. The van der Waals surface area contributed by atoms with Crippen LogP contribution in [0.15, 0.2) is 42.2 Å². The maximum absolute atomic E-state index is 5.90. The van der Waals surface area contributed by atoms with Crippen LogP contribution in [0.2, 0.25) is 0 Å². The molecule has 2 rings (SSSR count). The molecule has 72 valence electrons. The highest BCUT2D eigenvalue weighted by Gasteiger charge is 2.06. The first-order valence-electron chi connectivity index (χ1n) is 4.73. The van der Waals surface area contributed by atoms with E-state index in [9.17, 15) is 0 Å². The van der Waals surface area contributed by atoms with Gasteiger partial charge in [-0.3, -0.25) is 0 Å². The normalized spacial score (nSPS) is 15.5. The fourth-order valence-corrected chi connectivity index (χ4v) is 1.54. The van der Waals surface area contributed by atoms with Gasteiger partial charge in [-0.1, -0.05) is 29.8 Å². The molecule has 1 heterocycles. The summed E-state index contributed by atoms with van der Waals surface area (Å²) in [5.41, 5.74) is 10.4. The summed E-state index contributed by atoms with van der Waals surface area (Å²) in [5, 5.41) is 3.16. The van der Waals surface area contributed by atoms with E-state index in [-0.39, 0.29) is 0 Å². The van der Waals surface area contributed by atoms with Crippen LogP contribution in [0.1, 0.15) is 11.1 Å². The summed E-state index contributed by atoms with van der Waals surface area (Å²) in [5.74, 6) is 0. The van der Waals surface area contributed by atoms with Crippen molar-refractivity contribution in [3.05, 3.63) is 53.4 Å². The van der Waals surface area contributed by atoms with E-state index in [2.05, 4.69) is 36.5 Å². The zero-order valence-corrected chi connectivity index (χ0v) is 8.25. The van der Waals surface area contributed by atoms with Gasteiger partial charge in [-0.25, -0.2) is 0 Å². The highest BCUT2D eigenvalue weighted by atomic mass is 14.8. The summed E-state index contributed by atoms with van der Waals surface area (Å²) >= 11 is 0. The Balaban J connectivity index is 2.39. The van der Waals surface area contributed by atoms with Crippen molar-refractivity contribution in [3.8, 4) is 0 Å². The van der Waals surface area contributed by atoms with Crippen molar-refractivity contribution >= 4 is 5.57 Å². The third-order valence-corrected chi connectivity index (χ3v) is 2.41. The van der Waals surface area contributed by atoms with Crippen LogP contribution in [0.25, 0.3) is 5.57 Å². The van der Waals surface area contributed by atoms with Crippen molar-refractivity contribution in [2.75, 3.05) is 6.54 Å². The SMILES string of the molecule is Cc1ccc(C2=C(N)C=CNC2)cc1. The highest BCUT2D eigenvalue weighted by Crippen LogP contribution is 2.18. The van der Waals surface area contributed by atoms with Crippen LogP contribution < -0.4 is 11.1 Å². The molecular formula is C12H14N2. The molecule has 0 saturated carbocycles. The first kappa shape index (κ1) is 8.88. The smallest absolute Gasteiger partial charge is 0.0421 e. The van der Waals surface area contributed by atoms with Crippen molar-refractivity contribution in [2.45, 2.75) is 6.92 Å². The lowest BCUT2D eigenvalue weighted by atomic mass is 10.0. The van der Waals surface area contributed by atoms with Crippen LogP contribution in [0.5, 0.6) is 0 Å². The van der Waals surface area contributed by atoms with Gasteiger partial charge in [-0.15, -0.1) is 0 Å². The Morgan fingerprint density at radius 1 is 1.21 bits per heavy atom. The summed E-state index contributed by atoms with van der Waals surface area (Å²) in [4.78, 5) is 0. The van der Waals surface area contributed by atoms with E-state index in [1.807, 2.05) is 12.3 Å². The third kappa shape index (κ3) is 1.64. The molecule has 1 aromatic rings. The van der Waals surface area contributed by atoms with Gasteiger partial charge >= 0.3 is 0 Å². The lowest BCUT2D eigenvalue weighted by Crippen LogP contribution is -2.17. The van der Waals surface area contributed by atoms with Gasteiger partial charge in [0.25, 0.3) is 0 Å². The predicted octanol–water partition coefficient (Wildman–Crippen LogP) is 1.78. The molecule has 1 aliphatic heterocycles. The summed E-state index contributed by atoms with van der Waals surface area (Å²) < 4.78 is 0. The lowest BCUT2D eigenvalue weighted by Gasteiger charge is -2.14. The minimum Gasteiger partial charge on any atom is -0.398 e. The molecule has 0 aromatic heterocycles. The Kier molecular flexibility index (Phi) is 2.27. The van der Waals surface area contributed by atoms with Gasteiger partial charge < -0.3 is 11.1 Å². The minimum absolute atomic E-state index is 0.811. The molecule has 0 bridgehead atoms. The Bertz CT molecular complexity index is 385. The zero-order chi connectivity index (χ0) is 9.97. The van der Waals surface area contributed by atoms with Crippen LogP contribution in [-0.2, 0) is 0 Å². The Morgan fingerprint density at radius 3 is 2.57 bits per heavy atom.